The molecule has 0 atom stereocenters. The first-order valence-electron chi connectivity index (χ1n) is 5.86. The first-order valence-corrected chi connectivity index (χ1v) is 5.86. The molecule has 19 heavy (non-hydrogen) atoms. The molecule has 0 bridgehead atoms. The molecule has 2 aromatic rings. The topological polar surface area (TPSA) is 47.8 Å². The van der Waals surface area contributed by atoms with Gasteiger partial charge in [-0.05, 0) is 24.6 Å². The van der Waals surface area contributed by atoms with E-state index in [1.54, 1.807) is 16.8 Å². The number of carbonyl (C=O) groups is 1. The number of nitrogens with zero attached hydrogens (tertiary/aromatic N) is 3. The van der Waals surface area contributed by atoms with E-state index in [1.165, 1.54) is 12.1 Å². The van der Waals surface area contributed by atoms with Gasteiger partial charge in [-0.25, -0.2) is 9.07 Å². The van der Waals surface area contributed by atoms with Crippen molar-refractivity contribution in [3.63, 3.8) is 0 Å². The van der Waals surface area contributed by atoms with Crippen molar-refractivity contribution in [1.82, 2.24) is 15.0 Å². The molecule has 5 heteroatoms. The standard InChI is InChI=1S/C14H14FN3O/c1-10(2)8-18-14(13(9-19)16-17-18)7-11-3-5-12(15)6-4-11/h3-6,9H,1,7-8H2,2H3. The molecule has 4 nitrogen and oxygen atoms in total. The van der Waals surface area contributed by atoms with Gasteiger partial charge in [0, 0.05) is 6.42 Å². The zero-order chi connectivity index (χ0) is 13.8. The molecular weight excluding hydrogens is 245 g/mol. The average molecular weight is 259 g/mol. The molecule has 0 unspecified atom stereocenters. The molecule has 0 aliphatic heterocycles. The Kier molecular flexibility index (Phi) is 3.85. The zero-order valence-electron chi connectivity index (χ0n) is 10.6. The Hall–Kier alpha value is -2.30. The number of halogens is 1. The first-order chi connectivity index (χ1) is 9.10. The lowest BCUT2D eigenvalue weighted by molar-refractivity contribution is 0.111. The highest BCUT2D eigenvalue weighted by Gasteiger charge is 2.12. The number of aldehydes is 1. The maximum atomic E-state index is 12.9. The molecule has 0 amide bonds. The number of hydrogen-bond acceptors (Lipinski definition) is 3. The van der Waals surface area contributed by atoms with Crippen LogP contribution in [0.5, 0.6) is 0 Å². The minimum absolute atomic E-state index is 0.284. The van der Waals surface area contributed by atoms with Crippen molar-refractivity contribution >= 4 is 6.29 Å². The summed E-state index contributed by atoms with van der Waals surface area (Å²) in [6.45, 7) is 6.21. The van der Waals surface area contributed by atoms with Crippen molar-refractivity contribution in [3.8, 4) is 0 Å². The van der Waals surface area contributed by atoms with Gasteiger partial charge >= 0.3 is 0 Å². The molecule has 0 fully saturated rings. The Bertz CT molecular complexity index is 602. The quantitative estimate of drug-likeness (QED) is 0.612. The highest BCUT2D eigenvalue weighted by molar-refractivity contribution is 5.73. The van der Waals surface area contributed by atoms with E-state index in [0.717, 1.165) is 11.1 Å². The van der Waals surface area contributed by atoms with Crippen LogP contribution in [0.4, 0.5) is 4.39 Å². The average Bonchev–Trinajstić information content (AvgIpc) is 2.74. The monoisotopic (exact) mass is 259 g/mol. The Morgan fingerprint density at radius 2 is 2.11 bits per heavy atom. The smallest absolute Gasteiger partial charge is 0.172 e. The second-order valence-electron chi connectivity index (χ2n) is 4.46. The number of hydrogen-bond donors (Lipinski definition) is 0. The Morgan fingerprint density at radius 3 is 2.68 bits per heavy atom. The van der Waals surface area contributed by atoms with Crippen LogP contribution >= 0.6 is 0 Å². The fourth-order valence-corrected chi connectivity index (χ4v) is 1.80. The van der Waals surface area contributed by atoms with Crippen LogP contribution in [0.3, 0.4) is 0 Å². The number of rotatable bonds is 5. The zero-order valence-corrected chi connectivity index (χ0v) is 10.6. The first kappa shape index (κ1) is 13.1. The predicted molar refractivity (Wildman–Crippen MR) is 69.4 cm³/mol. The molecule has 0 aliphatic rings. The van der Waals surface area contributed by atoms with E-state index < -0.39 is 0 Å². The molecular formula is C14H14FN3O. The maximum Gasteiger partial charge on any atom is 0.172 e. The lowest BCUT2D eigenvalue weighted by atomic mass is 10.1. The van der Waals surface area contributed by atoms with Gasteiger partial charge in [0.25, 0.3) is 0 Å². The van der Waals surface area contributed by atoms with E-state index in [1.807, 2.05) is 6.92 Å². The normalized spacial score (nSPS) is 10.4. The molecule has 0 radical (unpaired) electrons. The van der Waals surface area contributed by atoms with E-state index in [0.29, 0.717) is 30.6 Å². The summed E-state index contributed by atoms with van der Waals surface area (Å²) in [4.78, 5) is 11.0. The number of allylic oxidation sites excluding steroid dienone is 1. The third-order valence-electron chi connectivity index (χ3n) is 2.68. The number of carbonyl (C=O) groups excluding carboxylic acids is 1. The molecule has 1 aromatic heterocycles. The molecule has 1 aromatic carbocycles. The van der Waals surface area contributed by atoms with Gasteiger partial charge in [-0.2, -0.15) is 0 Å². The Labute approximate surface area is 110 Å². The number of benzene rings is 1. The number of aromatic nitrogens is 3. The third-order valence-corrected chi connectivity index (χ3v) is 2.68. The van der Waals surface area contributed by atoms with Crippen LogP contribution in [0.15, 0.2) is 36.4 Å². The summed E-state index contributed by atoms with van der Waals surface area (Å²) in [5.74, 6) is -0.284. The van der Waals surface area contributed by atoms with Gasteiger partial charge in [-0.3, -0.25) is 4.79 Å². The lowest BCUT2D eigenvalue weighted by Gasteiger charge is -2.06. The Morgan fingerprint density at radius 1 is 1.42 bits per heavy atom. The summed E-state index contributed by atoms with van der Waals surface area (Å²) in [5, 5.41) is 7.77. The van der Waals surface area contributed by atoms with E-state index in [9.17, 15) is 9.18 Å². The van der Waals surface area contributed by atoms with Crippen LogP contribution in [-0.2, 0) is 13.0 Å². The van der Waals surface area contributed by atoms with Crippen molar-refractivity contribution in [2.45, 2.75) is 19.9 Å². The molecule has 0 N–H and O–H groups in total. The summed E-state index contributed by atoms with van der Waals surface area (Å²) in [6.07, 6.45) is 1.16. The van der Waals surface area contributed by atoms with Crippen LogP contribution < -0.4 is 0 Å². The van der Waals surface area contributed by atoms with Gasteiger partial charge in [0.15, 0.2) is 6.29 Å². The second-order valence-corrected chi connectivity index (χ2v) is 4.46. The molecule has 2 rings (SSSR count). The third kappa shape index (κ3) is 3.13. The van der Waals surface area contributed by atoms with Gasteiger partial charge in [-0.15, -0.1) is 5.10 Å². The van der Waals surface area contributed by atoms with E-state index in [-0.39, 0.29) is 5.82 Å². The molecule has 0 saturated heterocycles. The summed E-state index contributed by atoms with van der Waals surface area (Å²) in [7, 11) is 0. The van der Waals surface area contributed by atoms with Crippen molar-refractivity contribution in [1.29, 1.82) is 0 Å². The maximum absolute atomic E-state index is 12.9. The van der Waals surface area contributed by atoms with Crippen molar-refractivity contribution < 1.29 is 9.18 Å². The molecule has 0 aliphatic carbocycles. The van der Waals surface area contributed by atoms with Gasteiger partial charge in [0.1, 0.15) is 11.5 Å². The van der Waals surface area contributed by atoms with Crippen LogP contribution in [0.25, 0.3) is 0 Å². The molecule has 0 saturated carbocycles. The van der Waals surface area contributed by atoms with Gasteiger partial charge in [0.2, 0.25) is 0 Å². The fourth-order valence-electron chi connectivity index (χ4n) is 1.80. The molecule has 98 valence electrons. The SMILES string of the molecule is C=C(C)Cn1nnc(C=O)c1Cc1ccc(F)cc1. The Balaban J connectivity index is 2.31. The highest BCUT2D eigenvalue weighted by Crippen LogP contribution is 2.13. The van der Waals surface area contributed by atoms with Gasteiger partial charge in [-0.1, -0.05) is 29.5 Å². The largest absolute Gasteiger partial charge is 0.296 e. The predicted octanol–water partition coefficient (Wildman–Crippen LogP) is 2.40. The fraction of sp³-hybridized carbons (Fsp3) is 0.214. The van der Waals surface area contributed by atoms with Crippen LogP contribution in [0, 0.1) is 5.82 Å². The van der Waals surface area contributed by atoms with E-state index in [2.05, 4.69) is 16.9 Å². The van der Waals surface area contributed by atoms with Crippen LogP contribution in [0.2, 0.25) is 0 Å². The summed E-state index contributed by atoms with van der Waals surface area (Å²) >= 11 is 0. The van der Waals surface area contributed by atoms with E-state index in [4.69, 9.17) is 0 Å². The van der Waals surface area contributed by atoms with E-state index >= 15 is 0 Å². The highest BCUT2D eigenvalue weighted by atomic mass is 19.1. The van der Waals surface area contributed by atoms with Gasteiger partial charge < -0.3 is 0 Å². The van der Waals surface area contributed by atoms with Crippen LogP contribution in [-0.4, -0.2) is 21.3 Å². The van der Waals surface area contributed by atoms with Crippen molar-refractivity contribution in [3.05, 3.63) is 59.2 Å². The minimum Gasteiger partial charge on any atom is -0.296 e. The van der Waals surface area contributed by atoms with Crippen molar-refractivity contribution in [2.75, 3.05) is 0 Å². The lowest BCUT2D eigenvalue weighted by Crippen LogP contribution is -2.07. The van der Waals surface area contributed by atoms with Crippen LogP contribution in [0.1, 0.15) is 28.7 Å². The summed E-state index contributed by atoms with van der Waals surface area (Å²) in [5.41, 5.74) is 2.84. The molecule has 1 heterocycles. The summed E-state index contributed by atoms with van der Waals surface area (Å²) in [6, 6.07) is 6.15. The second kappa shape index (κ2) is 5.56. The summed E-state index contributed by atoms with van der Waals surface area (Å²) < 4.78 is 14.5. The van der Waals surface area contributed by atoms with Crippen molar-refractivity contribution in [2.24, 2.45) is 0 Å². The minimum atomic E-state index is -0.284. The molecule has 0 spiro atoms. The van der Waals surface area contributed by atoms with Gasteiger partial charge in [0.05, 0.1) is 12.2 Å².